The third-order valence-corrected chi connectivity index (χ3v) is 4.74. The van der Waals surface area contributed by atoms with Gasteiger partial charge in [-0.2, -0.15) is 0 Å². The lowest BCUT2D eigenvalue weighted by Crippen LogP contribution is -2.52. The molecule has 1 saturated heterocycles. The van der Waals surface area contributed by atoms with E-state index in [2.05, 4.69) is 29.6 Å². The van der Waals surface area contributed by atoms with Crippen LogP contribution in [0, 0.1) is 5.92 Å². The van der Waals surface area contributed by atoms with Crippen molar-refractivity contribution in [2.75, 3.05) is 33.7 Å². The van der Waals surface area contributed by atoms with Gasteiger partial charge in [-0.25, -0.2) is 0 Å². The second-order valence-electron chi connectivity index (χ2n) is 6.09. The van der Waals surface area contributed by atoms with E-state index in [0.29, 0.717) is 0 Å². The molecule has 1 heterocycles. The average Bonchev–Trinajstić information content (AvgIpc) is 2.87. The van der Waals surface area contributed by atoms with Crippen LogP contribution in [0.1, 0.15) is 38.5 Å². The van der Waals surface area contributed by atoms with Gasteiger partial charge >= 0.3 is 0 Å². The van der Waals surface area contributed by atoms with E-state index in [-0.39, 0.29) is 17.4 Å². The van der Waals surface area contributed by atoms with Gasteiger partial charge in [0.2, 0.25) is 5.91 Å². The number of hydrogen-bond donors (Lipinski definition) is 2. The largest absolute Gasteiger partial charge is 0.354 e. The summed E-state index contributed by atoms with van der Waals surface area (Å²) in [5, 5.41) is 6.50. The van der Waals surface area contributed by atoms with Crippen LogP contribution in [-0.2, 0) is 4.79 Å². The minimum absolute atomic E-state index is 0.180. The van der Waals surface area contributed by atoms with E-state index >= 15 is 0 Å². The van der Waals surface area contributed by atoms with Crippen LogP contribution in [0.5, 0.6) is 0 Å². The highest BCUT2D eigenvalue weighted by Crippen LogP contribution is 2.33. The third kappa shape index (κ3) is 3.04. The number of carbonyl (C=O) groups excluding carboxylic acids is 1. The number of amides is 1. The predicted molar refractivity (Wildman–Crippen MR) is 73.5 cm³/mol. The SMILES string of the molecule is CN(C)C1(CNC(=O)[C@@H]2CCCNC2)CCCC1. The van der Waals surface area contributed by atoms with Crippen LogP contribution in [0.4, 0.5) is 0 Å². The van der Waals surface area contributed by atoms with Gasteiger partial charge in [-0.3, -0.25) is 4.79 Å². The van der Waals surface area contributed by atoms with Gasteiger partial charge in [-0.15, -0.1) is 0 Å². The maximum absolute atomic E-state index is 12.2. The number of nitrogens with one attached hydrogen (secondary N) is 2. The van der Waals surface area contributed by atoms with Crippen LogP contribution < -0.4 is 10.6 Å². The highest BCUT2D eigenvalue weighted by Gasteiger charge is 2.36. The van der Waals surface area contributed by atoms with Crippen molar-refractivity contribution < 1.29 is 4.79 Å². The molecular weight excluding hydrogens is 226 g/mol. The van der Waals surface area contributed by atoms with Crippen molar-refractivity contribution in [1.29, 1.82) is 0 Å². The topological polar surface area (TPSA) is 44.4 Å². The molecule has 1 aliphatic carbocycles. The summed E-state index contributed by atoms with van der Waals surface area (Å²) in [7, 11) is 4.28. The summed E-state index contributed by atoms with van der Waals surface area (Å²) in [5.41, 5.74) is 0.206. The number of rotatable bonds is 4. The number of nitrogens with zero attached hydrogens (tertiary/aromatic N) is 1. The molecule has 0 unspecified atom stereocenters. The van der Waals surface area contributed by atoms with Gasteiger partial charge in [0.1, 0.15) is 0 Å². The van der Waals surface area contributed by atoms with Crippen molar-refractivity contribution in [3.63, 3.8) is 0 Å². The molecule has 1 amide bonds. The summed E-state index contributed by atoms with van der Waals surface area (Å²) >= 11 is 0. The van der Waals surface area contributed by atoms with Crippen LogP contribution in [-0.4, -0.2) is 50.1 Å². The lowest BCUT2D eigenvalue weighted by atomic mass is 9.94. The maximum Gasteiger partial charge on any atom is 0.224 e. The van der Waals surface area contributed by atoms with E-state index in [9.17, 15) is 4.79 Å². The molecule has 0 radical (unpaired) electrons. The fourth-order valence-corrected chi connectivity index (χ4v) is 3.29. The highest BCUT2D eigenvalue weighted by molar-refractivity contribution is 5.79. The summed E-state index contributed by atoms with van der Waals surface area (Å²) in [4.78, 5) is 14.5. The Balaban J connectivity index is 1.83. The van der Waals surface area contributed by atoms with Crippen molar-refractivity contribution in [2.24, 2.45) is 5.92 Å². The van der Waals surface area contributed by atoms with Crippen molar-refractivity contribution in [1.82, 2.24) is 15.5 Å². The first kappa shape index (κ1) is 13.8. The van der Waals surface area contributed by atoms with Gasteiger partial charge in [0.05, 0.1) is 5.92 Å². The van der Waals surface area contributed by atoms with Gasteiger partial charge in [-0.05, 0) is 46.3 Å². The molecule has 2 fully saturated rings. The molecule has 2 N–H and O–H groups in total. The number of likely N-dealkylation sites (N-methyl/N-ethyl adjacent to an activating group) is 1. The molecule has 0 bridgehead atoms. The van der Waals surface area contributed by atoms with Crippen LogP contribution in [0.3, 0.4) is 0 Å². The van der Waals surface area contributed by atoms with Crippen LogP contribution in [0.15, 0.2) is 0 Å². The van der Waals surface area contributed by atoms with Crippen molar-refractivity contribution in [3.05, 3.63) is 0 Å². The van der Waals surface area contributed by atoms with Crippen molar-refractivity contribution in [3.8, 4) is 0 Å². The molecule has 4 heteroatoms. The van der Waals surface area contributed by atoms with Gasteiger partial charge in [-0.1, -0.05) is 12.8 Å². The molecule has 18 heavy (non-hydrogen) atoms. The molecule has 1 atom stereocenters. The highest BCUT2D eigenvalue weighted by atomic mass is 16.1. The van der Waals surface area contributed by atoms with Gasteiger partial charge in [0.25, 0.3) is 0 Å². The fraction of sp³-hybridized carbons (Fsp3) is 0.929. The minimum Gasteiger partial charge on any atom is -0.354 e. The van der Waals surface area contributed by atoms with Gasteiger partial charge in [0.15, 0.2) is 0 Å². The van der Waals surface area contributed by atoms with E-state index in [1.54, 1.807) is 0 Å². The Morgan fingerprint density at radius 1 is 1.33 bits per heavy atom. The molecule has 1 saturated carbocycles. The van der Waals surface area contributed by atoms with Gasteiger partial charge in [0, 0.05) is 18.6 Å². The second-order valence-corrected chi connectivity index (χ2v) is 6.09. The van der Waals surface area contributed by atoms with E-state index in [0.717, 1.165) is 32.5 Å². The van der Waals surface area contributed by atoms with E-state index < -0.39 is 0 Å². The Bertz CT molecular complexity index is 279. The first-order valence-electron chi connectivity index (χ1n) is 7.30. The lowest BCUT2D eigenvalue weighted by Gasteiger charge is -2.37. The zero-order valence-corrected chi connectivity index (χ0v) is 11.8. The van der Waals surface area contributed by atoms with E-state index in [4.69, 9.17) is 0 Å². The zero-order valence-electron chi connectivity index (χ0n) is 11.8. The number of hydrogen-bond acceptors (Lipinski definition) is 3. The fourth-order valence-electron chi connectivity index (χ4n) is 3.29. The minimum atomic E-state index is 0.180. The van der Waals surface area contributed by atoms with Crippen molar-refractivity contribution >= 4 is 5.91 Å². The molecule has 0 aromatic heterocycles. The molecule has 0 aromatic rings. The van der Waals surface area contributed by atoms with E-state index in [1.807, 2.05) is 0 Å². The zero-order chi connectivity index (χ0) is 13.0. The lowest BCUT2D eigenvalue weighted by molar-refractivity contribution is -0.126. The predicted octanol–water partition coefficient (Wildman–Crippen LogP) is 0.977. The summed E-state index contributed by atoms with van der Waals surface area (Å²) in [6, 6.07) is 0. The quantitative estimate of drug-likeness (QED) is 0.785. The summed E-state index contributed by atoms with van der Waals surface area (Å²) in [6.45, 7) is 2.72. The third-order valence-electron chi connectivity index (χ3n) is 4.74. The molecule has 4 nitrogen and oxygen atoms in total. The number of carbonyl (C=O) groups is 1. The number of piperidine rings is 1. The monoisotopic (exact) mass is 253 g/mol. The Morgan fingerprint density at radius 2 is 2.06 bits per heavy atom. The summed E-state index contributed by atoms with van der Waals surface area (Å²) < 4.78 is 0. The molecular formula is C14H27N3O. The average molecular weight is 253 g/mol. The maximum atomic E-state index is 12.2. The van der Waals surface area contributed by atoms with E-state index in [1.165, 1.54) is 25.7 Å². The summed E-state index contributed by atoms with van der Waals surface area (Å²) in [5.74, 6) is 0.426. The van der Waals surface area contributed by atoms with Crippen molar-refractivity contribution in [2.45, 2.75) is 44.1 Å². The first-order valence-corrected chi connectivity index (χ1v) is 7.30. The van der Waals surface area contributed by atoms with Crippen LogP contribution in [0.2, 0.25) is 0 Å². The summed E-state index contributed by atoms with van der Waals surface area (Å²) in [6.07, 6.45) is 7.16. The Labute approximate surface area is 110 Å². The second kappa shape index (κ2) is 6.02. The smallest absolute Gasteiger partial charge is 0.224 e. The van der Waals surface area contributed by atoms with Gasteiger partial charge < -0.3 is 15.5 Å². The normalized spacial score (nSPS) is 27.4. The first-order chi connectivity index (χ1) is 8.64. The Hall–Kier alpha value is -0.610. The van der Waals surface area contributed by atoms with Crippen LogP contribution >= 0.6 is 0 Å². The molecule has 2 rings (SSSR count). The Kier molecular flexibility index (Phi) is 4.62. The van der Waals surface area contributed by atoms with Crippen LogP contribution in [0.25, 0.3) is 0 Å². The molecule has 0 aromatic carbocycles. The molecule has 1 aliphatic heterocycles. The molecule has 2 aliphatic rings. The molecule has 104 valence electrons. The molecule has 0 spiro atoms. The Morgan fingerprint density at radius 3 is 2.61 bits per heavy atom. The standard InChI is InChI=1S/C14H27N3O/c1-17(2)14(7-3-4-8-14)11-16-13(18)12-6-5-9-15-10-12/h12,15H,3-11H2,1-2H3,(H,16,18)/t12-/m1/s1.